The van der Waals surface area contributed by atoms with Crippen LogP contribution in [0.2, 0.25) is 0 Å². The van der Waals surface area contributed by atoms with Gasteiger partial charge in [-0.05, 0) is 32.1 Å². The quantitative estimate of drug-likeness (QED) is 0.0321. The average molecular weight is 933 g/mol. The van der Waals surface area contributed by atoms with Gasteiger partial charge in [0.05, 0.1) is 25.4 Å². The van der Waals surface area contributed by atoms with Gasteiger partial charge in [0.1, 0.15) is 0 Å². The van der Waals surface area contributed by atoms with Gasteiger partial charge >= 0.3 is 5.97 Å². The van der Waals surface area contributed by atoms with Crippen molar-refractivity contribution in [1.29, 1.82) is 0 Å². The molecule has 1 amide bonds. The molecule has 3 N–H and O–H groups in total. The summed E-state index contributed by atoms with van der Waals surface area (Å²) in [5, 5.41) is 23.2. The summed E-state index contributed by atoms with van der Waals surface area (Å²) >= 11 is 0. The molecular weight excluding hydrogens is 815 g/mol. The van der Waals surface area contributed by atoms with Crippen molar-refractivity contribution in [1.82, 2.24) is 5.32 Å². The molecule has 0 spiro atoms. The fraction of sp³-hybridized carbons (Fsp3) is 0.933. The Hall–Kier alpha value is -1.40. The topological polar surface area (TPSA) is 95.9 Å². The first kappa shape index (κ1) is 64.6. The molecule has 0 aliphatic carbocycles. The van der Waals surface area contributed by atoms with Crippen LogP contribution in [0.25, 0.3) is 0 Å². The van der Waals surface area contributed by atoms with E-state index in [0.29, 0.717) is 19.4 Å². The van der Waals surface area contributed by atoms with E-state index < -0.39 is 12.1 Å². The summed E-state index contributed by atoms with van der Waals surface area (Å²) in [7, 11) is 0. The third-order valence-corrected chi connectivity index (χ3v) is 14.1. The Balaban J connectivity index is 3.47. The average Bonchev–Trinajstić information content (AvgIpc) is 3.32. The van der Waals surface area contributed by atoms with Gasteiger partial charge in [-0.15, -0.1) is 0 Å². The number of amides is 1. The van der Waals surface area contributed by atoms with Crippen LogP contribution < -0.4 is 5.32 Å². The van der Waals surface area contributed by atoms with Crippen LogP contribution in [0.15, 0.2) is 12.2 Å². The second kappa shape index (κ2) is 56.2. The maximum atomic E-state index is 12.5. The normalized spacial score (nSPS) is 12.6. The Morgan fingerprint density at radius 3 is 1.03 bits per heavy atom. The smallest absolute Gasteiger partial charge is 0.305 e. The first-order chi connectivity index (χ1) is 32.5. The number of allylic oxidation sites excluding steroid dienone is 1. The van der Waals surface area contributed by atoms with Crippen LogP contribution >= 0.6 is 0 Å². The summed E-state index contributed by atoms with van der Waals surface area (Å²) in [5.41, 5.74) is 0. The minimum absolute atomic E-state index is 0.00182. The lowest BCUT2D eigenvalue weighted by Crippen LogP contribution is -2.45. The molecule has 392 valence electrons. The summed E-state index contributed by atoms with van der Waals surface area (Å²) in [6, 6.07) is -0.636. The molecule has 0 aromatic heterocycles. The minimum Gasteiger partial charge on any atom is -0.466 e. The highest BCUT2D eigenvalue weighted by Gasteiger charge is 2.18. The van der Waals surface area contributed by atoms with Crippen molar-refractivity contribution >= 4 is 11.9 Å². The summed E-state index contributed by atoms with van der Waals surface area (Å²) in [5.74, 6) is -0.0764. The van der Waals surface area contributed by atoms with E-state index in [1.54, 1.807) is 6.08 Å². The molecular formula is C60H117NO5. The lowest BCUT2D eigenvalue weighted by Gasteiger charge is -2.20. The van der Waals surface area contributed by atoms with Crippen molar-refractivity contribution in [2.24, 2.45) is 0 Å². The fourth-order valence-corrected chi connectivity index (χ4v) is 9.46. The number of rotatable bonds is 56. The highest BCUT2D eigenvalue weighted by atomic mass is 16.5. The monoisotopic (exact) mass is 932 g/mol. The molecule has 0 fully saturated rings. The van der Waals surface area contributed by atoms with E-state index in [9.17, 15) is 19.8 Å². The fourth-order valence-electron chi connectivity index (χ4n) is 9.46. The van der Waals surface area contributed by atoms with Crippen molar-refractivity contribution < 1.29 is 24.5 Å². The van der Waals surface area contributed by atoms with E-state index in [0.717, 1.165) is 57.8 Å². The first-order valence-electron chi connectivity index (χ1n) is 30.0. The van der Waals surface area contributed by atoms with Gasteiger partial charge in [-0.25, -0.2) is 0 Å². The Morgan fingerprint density at radius 2 is 0.697 bits per heavy atom. The maximum Gasteiger partial charge on any atom is 0.305 e. The number of esters is 1. The zero-order chi connectivity index (χ0) is 47.9. The first-order valence-corrected chi connectivity index (χ1v) is 30.0. The highest BCUT2D eigenvalue weighted by Crippen LogP contribution is 2.18. The molecule has 2 unspecified atom stereocenters. The predicted molar refractivity (Wildman–Crippen MR) is 287 cm³/mol. The van der Waals surface area contributed by atoms with E-state index in [4.69, 9.17) is 4.74 Å². The molecule has 6 heteroatoms. The third kappa shape index (κ3) is 52.0. The Labute approximate surface area is 412 Å². The predicted octanol–water partition coefficient (Wildman–Crippen LogP) is 18.5. The standard InChI is InChI=1S/C60H117NO5/c1-3-5-7-9-11-13-15-17-18-19-20-21-22-23-24-25-26-29-32-36-40-44-48-52-58(63)57(56-62)61-59(64)53-49-45-41-37-33-30-27-28-31-35-39-43-47-51-55-66-60(65)54-50-46-42-38-34-16-14-12-10-8-6-4-2/h48,52,57-58,62-63H,3-47,49-51,53-56H2,1-2H3,(H,61,64)/b52-48+. The van der Waals surface area contributed by atoms with Crippen molar-refractivity contribution in [2.75, 3.05) is 13.2 Å². The molecule has 6 nitrogen and oxygen atoms in total. The van der Waals surface area contributed by atoms with Crippen LogP contribution in [0.3, 0.4) is 0 Å². The molecule has 0 aliphatic rings. The van der Waals surface area contributed by atoms with Crippen LogP contribution in [0.5, 0.6) is 0 Å². The lowest BCUT2D eigenvalue weighted by atomic mass is 10.0. The van der Waals surface area contributed by atoms with Gasteiger partial charge in [-0.1, -0.05) is 302 Å². The van der Waals surface area contributed by atoms with Crippen LogP contribution in [-0.4, -0.2) is 47.4 Å². The van der Waals surface area contributed by atoms with Gasteiger partial charge in [0.25, 0.3) is 0 Å². The summed E-state index contributed by atoms with van der Waals surface area (Å²) in [6.07, 6.45) is 66.6. The number of carbonyl (C=O) groups is 2. The Bertz CT molecular complexity index is 986. The van der Waals surface area contributed by atoms with Gasteiger partial charge in [-0.3, -0.25) is 9.59 Å². The number of hydrogen-bond donors (Lipinski definition) is 3. The zero-order valence-electron chi connectivity index (χ0n) is 44.7. The molecule has 0 radical (unpaired) electrons. The summed E-state index contributed by atoms with van der Waals surface area (Å²) in [6.45, 7) is 4.91. The third-order valence-electron chi connectivity index (χ3n) is 14.1. The van der Waals surface area contributed by atoms with Crippen LogP contribution in [-0.2, 0) is 14.3 Å². The molecule has 0 bridgehead atoms. The van der Waals surface area contributed by atoms with E-state index >= 15 is 0 Å². The van der Waals surface area contributed by atoms with E-state index in [1.807, 2.05) is 6.08 Å². The largest absolute Gasteiger partial charge is 0.466 e. The van der Waals surface area contributed by atoms with Crippen molar-refractivity contribution in [3.63, 3.8) is 0 Å². The Kier molecular flexibility index (Phi) is 55.0. The zero-order valence-corrected chi connectivity index (χ0v) is 44.7. The minimum atomic E-state index is -0.851. The Morgan fingerprint density at radius 1 is 0.409 bits per heavy atom. The van der Waals surface area contributed by atoms with E-state index in [-0.39, 0.29) is 18.5 Å². The second-order valence-electron chi connectivity index (χ2n) is 20.7. The molecule has 0 aromatic carbocycles. The van der Waals surface area contributed by atoms with Crippen LogP contribution in [0.4, 0.5) is 0 Å². The number of hydrogen-bond acceptors (Lipinski definition) is 5. The van der Waals surface area contributed by atoms with Crippen LogP contribution in [0.1, 0.15) is 335 Å². The SMILES string of the molecule is CCCCCCCCCCCCCCCCCCCCCCC/C=C/C(O)C(CO)NC(=O)CCCCCCCCCCCCCCCCOC(=O)CCCCCCCCCCCCCC. The van der Waals surface area contributed by atoms with Crippen LogP contribution in [0, 0.1) is 0 Å². The van der Waals surface area contributed by atoms with Gasteiger partial charge in [0, 0.05) is 12.8 Å². The van der Waals surface area contributed by atoms with Gasteiger partial charge in [0.15, 0.2) is 0 Å². The number of nitrogens with one attached hydrogen (secondary N) is 1. The van der Waals surface area contributed by atoms with Gasteiger partial charge in [-0.2, -0.15) is 0 Å². The van der Waals surface area contributed by atoms with Gasteiger partial charge in [0.2, 0.25) is 5.91 Å². The molecule has 2 atom stereocenters. The second-order valence-corrected chi connectivity index (χ2v) is 20.7. The van der Waals surface area contributed by atoms with Crippen molar-refractivity contribution in [3.8, 4) is 0 Å². The number of ether oxygens (including phenoxy) is 1. The number of unbranched alkanes of at least 4 members (excludes halogenated alkanes) is 45. The summed E-state index contributed by atoms with van der Waals surface area (Å²) < 4.78 is 5.46. The highest BCUT2D eigenvalue weighted by molar-refractivity contribution is 5.76. The molecule has 66 heavy (non-hydrogen) atoms. The maximum absolute atomic E-state index is 12.5. The molecule has 0 rings (SSSR count). The number of aliphatic hydroxyl groups excluding tert-OH is 2. The van der Waals surface area contributed by atoms with E-state index in [2.05, 4.69) is 19.2 Å². The molecule has 0 aromatic rings. The number of carbonyl (C=O) groups excluding carboxylic acids is 2. The van der Waals surface area contributed by atoms with Crippen molar-refractivity contribution in [3.05, 3.63) is 12.2 Å². The lowest BCUT2D eigenvalue weighted by molar-refractivity contribution is -0.143. The number of aliphatic hydroxyl groups is 2. The molecule has 0 heterocycles. The molecule has 0 saturated heterocycles. The van der Waals surface area contributed by atoms with E-state index in [1.165, 1.54) is 250 Å². The molecule has 0 aliphatic heterocycles. The molecule has 0 saturated carbocycles. The van der Waals surface area contributed by atoms with Gasteiger partial charge < -0.3 is 20.3 Å². The van der Waals surface area contributed by atoms with Crippen molar-refractivity contribution in [2.45, 2.75) is 347 Å². The summed E-state index contributed by atoms with van der Waals surface area (Å²) in [4.78, 5) is 24.5.